The molecule has 1 aliphatic rings. The van der Waals surface area contributed by atoms with Gasteiger partial charge in [0.25, 0.3) is 0 Å². The molecule has 1 aromatic carbocycles. The number of carbonyl (C=O) groups is 1. The summed E-state index contributed by atoms with van der Waals surface area (Å²) in [4.78, 5) is 20.5. The van der Waals surface area contributed by atoms with Gasteiger partial charge in [-0.25, -0.2) is 4.79 Å². The maximum Gasteiger partial charge on any atom is 0.321 e. The highest BCUT2D eigenvalue weighted by Crippen LogP contribution is 2.20. The van der Waals surface area contributed by atoms with E-state index >= 15 is 0 Å². The van der Waals surface area contributed by atoms with E-state index in [0.29, 0.717) is 18.1 Å². The standard InChI is InChI=1S/C17H19ClN4O/c1-13-12-14(18)2-3-16(13)20-17(23)22-10-8-21(9-11-22)15-4-6-19-7-5-15/h2-7,12H,8-11H2,1H3,(H,20,23). The topological polar surface area (TPSA) is 48.5 Å². The van der Waals surface area contributed by atoms with Crippen LogP contribution in [-0.2, 0) is 0 Å². The van der Waals surface area contributed by atoms with Gasteiger partial charge < -0.3 is 15.1 Å². The van der Waals surface area contributed by atoms with Gasteiger partial charge in [0.05, 0.1) is 0 Å². The Kier molecular flexibility index (Phi) is 4.67. The smallest absolute Gasteiger partial charge is 0.321 e. The molecule has 2 heterocycles. The van der Waals surface area contributed by atoms with E-state index in [1.165, 1.54) is 0 Å². The molecule has 1 aliphatic heterocycles. The quantitative estimate of drug-likeness (QED) is 0.918. The van der Waals surface area contributed by atoms with Gasteiger partial charge in [-0.15, -0.1) is 0 Å². The highest BCUT2D eigenvalue weighted by atomic mass is 35.5. The van der Waals surface area contributed by atoms with E-state index in [2.05, 4.69) is 15.2 Å². The van der Waals surface area contributed by atoms with E-state index in [1.54, 1.807) is 18.5 Å². The number of piperazine rings is 1. The Balaban J connectivity index is 1.58. The fourth-order valence-corrected chi connectivity index (χ4v) is 2.91. The molecule has 6 heteroatoms. The summed E-state index contributed by atoms with van der Waals surface area (Å²) in [7, 11) is 0. The molecule has 1 N–H and O–H groups in total. The van der Waals surface area contributed by atoms with E-state index in [0.717, 1.165) is 30.0 Å². The molecule has 0 saturated carbocycles. The van der Waals surface area contributed by atoms with E-state index in [1.807, 2.05) is 36.1 Å². The fourth-order valence-electron chi connectivity index (χ4n) is 2.68. The Morgan fingerprint density at radius 1 is 1.13 bits per heavy atom. The number of nitrogens with zero attached hydrogens (tertiary/aromatic N) is 3. The number of pyridine rings is 1. The first kappa shape index (κ1) is 15.6. The van der Waals surface area contributed by atoms with Gasteiger partial charge in [0.15, 0.2) is 0 Å². The second-order valence-corrected chi connectivity index (χ2v) is 6.01. The second-order valence-electron chi connectivity index (χ2n) is 5.57. The summed E-state index contributed by atoms with van der Waals surface area (Å²) in [6.45, 7) is 4.96. The molecule has 2 aromatic rings. The van der Waals surface area contributed by atoms with Crippen LogP contribution in [0.25, 0.3) is 0 Å². The minimum absolute atomic E-state index is 0.0650. The molecule has 1 aromatic heterocycles. The number of hydrogen-bond donors (Lipinski definition) is 1. The SMILES string of the molecule is Cc1cc(Cl)ccc1NC(=O)N1CCN(c2ccncc2)CC1. The third-order valence-electron chi connectivity index (χ3n) is 4.02. The molecule has 0 aliphatic carbocycles. The number of benzene rings is 1. The number of anilines is 2. The summed E-state index contributed by atoms with van der Waals surface area (Å²) < 4.78 is 0. The van der Waals surface area contributed by atoms with Gasteiger partial charge in [0, 0.05) is 55.0 Å². The van der Waals surface area contributed by atoms with Crippen LogP contribution in [-0.4, -0.2) is 42.1 Å². The van der Waals surface area contributed by atoms with Crippen molar-refractivity contribution in [3.05, 3.63) is 53.3 Å². The molecule has 0 bridgehead atoms. The van der Waals surface area contributed by atoms with E-state index in [4.69, 9.17) is 11.6 Å². The van der Waals surface area contributed by atoms with E-state index in [9.17, 15) is 4.79 Å². The molecule has 0 unspecified atom stereocenters. The van der Waals surface area contributed by atoms with Gasteiger partial charge in [-0.05, 0) is 42.8 Å². The van der Waals surface area contributed by atoms with Crippen molar-refractivity contribution in [3.63, 3.8) is 0 Å². The van der Waals surface area contributed by atoms with Crippen molar-refractivity contribution in [1.82, 2.24) is 9.88 Å². The number of aromatic nitrogens is 1. The molecule has 0 spiro atoms. The highest BCUT2D eigenvalue weighted by Gasteiger charge is 2.21. The van der Waals surface area contributed by atoms with Crippen molar-refractivity contribution >= 4 is 29.0 Å². The van der Waals surface area contributed by atoms with Crippen molar-refractivity contribution in [2.45, 2.75) is 6.92 Å². The number of carbonyl (C=O) groups excluding carboxylic acids is 1. The average Bonchev–Trinajstić information content (AvgIpc) is 2.58. The number of amides is 2. The molecule has 1 fully saturated rings. The normalized spacial score (nSPS) is 14.7. The summed E-state index contributed by atoms with van der Waals surface area (Å²) >= 11 is 5.94. The highest BCUT2D eigenvalue weighted by molar-refractivity contribution is 6.30. The molecule has 2 amide bonds. The Morgan fingerprint density at radius 3 is 2.48 bits per heavy atom. The van der Waals surface area contributed by atoms with Gasteiger partial charge in [-0.2, -0.15) is 0 Å². The van der Waals surface area contributed by atoms with Crippen LogP contribution in [0.4, 0.5) is 16.2 Å². The van der Waals surface area contributed by atoms with Crippen LogP contribution in [0.1, 0.15) is 5.56 Å². The van der Waals surface area contributed by atoms with Gasteiger partial charge in [0.2, 0.25) is 0 Å². The van der Waals surface area contributed by atoms with Crippen LogP contribution in [0.2, 0.25) is 5.02 Å². The largest absolute Gasteiger partial charge is 0.368 e. The van der Waals surface area contributed by atoms with Crippen LogP contribution in [0, 0.1) is 6.92 Å². The minimum Gasteiger partial charge on any atom is -0.368 e. The first-order valence-electron chi connectivity index (χ1n) is 7.60. The summed E-state index contributed by atoms with van der Waals surface area (Å²) in [6, 6.07) is 9.39. The predicted octanol–water partition coefficient (Wildman–Crippen LogP) is 3.40. The second kappa shape index (κ2) is 6.87. The average molecular weight is 331 g/mol. The van der Waals surface area contributed by atoms with Gasteiger partial charge in [-0.1, -0.05) is 11.6 Å². The lowest BCUT2D eigenvalue weighted by molar-refractivity contribution is 0.208. The van der Waals surface area contributed by atoms with Gasteiger partial charge in [0.1, 0.15) is 0 Å². The molecule has 3 rings (SSSR count). The van der Waals surface area contributed by atoms with E-state index in [-0.39, 0.29) is 6.03 Å². The lowest BCUT2D eigenvalue weighted by Crippen LogP contribution is -2.50. The van der Waals surface area contributed by atoms with Crippen molar-refractivity contribution in [3.8, 4) is 0 Å². The number of hydrogen-bond acceptors (Lipinski definition) is 3. The van der Waals surface area contributed by atoms with E-state index < -0.39 is 0 Å². The Hall–Kier alpha value is -2.27. The summed E-state index contributed by atoms with van der Waals surface area (Å²) in [6.07, 6.45) is 3.58. The van der Waals surface area contributed by atoms with Crippen molar-refractivity contribution in [2.24, 2.45) is 0 Å². The first-order chi connectivity index (χ1) is 11.1. The molecule has 0 atom stereocenters. The third-order valence-corrected chi connectivity index (χ3v) is 4.26. The number of nitrogens with one attached hydrogen (secondary N) is 1. The number of rotatable bonds is 2. The van der Waals surface area contributed by atoms with Gasteiger partial charge in [-0.3, -0.25) is 4.98 Å². The Morgan fingerprint density at radius 2 is 1.83 bits per heavy atom. The Bertz CT molecular complexity index is 684. The lowest BCUT2D eigenvalue weighted by atomic mass is 10.2. The summed E-state index contributed by atoms with van der Waals surface area (Å²) in [5.74, 6) is 0. The monoisotopic (exact) mass is 330 g/mol. The number of urea groups is 1. The van der Waals surface area contributed by atoms with Crippen LogP contribution >= 0.6 is 11.6 Å². The molecule has 1 saturated heterocycles. The van der Waals surface area contributed by atoms with Gasteiger partial charge >= 0.3 is 6.03 Å². The predicted molar refractivity (Wildman–Crippen MR) is 93.2 cm³/mol. The lowest BCUT2D eigenvalue weighted by Gasteiger charge is -2.36. The maximum atomic E-state index is 12.4. The zero-order valence-corrected chi connectivity index (χ0v) is 13.8. The van der Waals surface area contributed by atoms with Crippen molar-refractivity contribution < 1.29 is 4.79 Å². The third kappa shape index (κ3) is 3.74. The fraction of sp³-hybridized carbons (Fsp3) is 0.294. The number of aryl methyl sites for hydroxylation is 1. The molecular weight excluding hydrogens is 312 g/mol. The van der Waals surface area contributed by atoms with Crippen LogP contribution < -0.4 is 10.2 Å². The van der Waals surface area contributed by atoms with Crippen LogP contribution in [0.3, 0.4) is 0 Å². The van der Waals surface area contributed by atoms with Crippen LogP contribution in [0.5, 0.6) is 0 Å². The molecule has 23 heavy (non-hydrogen) atoms. The molecule has 5 nitrogen and oxygen atoms in total. The first-order valence-corrected chi connectivity index (χ1v) is 7.98. The maximum absolute atomic E-state index is 12.4. The molecular formula is C17H19ClN4O. The van der Waals surface area contributed by atoms with Crippen molar-refractivity contribution in [2.75, 3.05) is 36.4 Å². The minimum atomic E-state index is -0.0650. The molecule has 0 radical (unpaired) electrons. The summed E-state index contributed by atoms with van der Waals surface area (Å²) in [5, 5.41) is 3.63. The molecule has 120 valence electrons. The Labute approximate surface area is 140 Å². The zero-order chi connectivity index (χ0) is 16.2. The van der Waals surface area contributed by atoms with Crippen LogP contribution in [0.15, 0.2) is 42.7 Å². The summed E-state index contributed by atoms with van der Waals surface area (Å²) in [5.41, 5.74) is 2.91. The zero-order valence-electron chi connectivity index (χ0n) is 13.0. The van der Waals surface area contributed by atoms with Crippen molar-refractivity contribution in [1.29, 1.82) is 0 Å². The number of halogens is 1.